The molecule has 0 bridgehead atoms. The van der Waals surface area contributed by atoms with Crippen LogP contribution in [0.15, 0.2) is 29.6 Å². The van der Waals surface area contributed by atoms with Crippen LogP contribution in [0.2, 0.25) is 5.02 Å². The van der Waals surface area contributed by atoms with Crippen LogP contribution in [0.3, 0.4) is 0 Å². The molecule has 0 radical (unpaired) electrons. The molecule has 0 aliphatic heterocycles. The minimum atomic E-state index is -0.528. The Bertz CT molecular complexity index is 687. The number of hydrogen-bond acceptors (Lipinski definition) is 4. The predicted molar refractivity (Wildman–Crippen MR) is 79.6 cm³/mol. The molecule has 0 saturated carbocycles. The first-order chi connectivity index (χ1) is 10.0. The van der Waals surface area contributed by atoms with Crippen LogP contribution in [-0.4, -0.2) is 18.5 Å². The van der Waals surface area contributed by atoms with Crippen LogP contribution >= 0.6 is 22.9 Å². The Morgan fingerprint density at radius 1 is 1.33 bits per heavy atom. The third-order valence-electron chi connectivity index (χ3n) is 2.56. The molecular formula is C14H11ClFNO3S. The molecule has 4 nitrogen and oxygen atoms in total. The van der Waals surface area contributed by atoms with E-state index in [2.05, 4.69) is 5.32 Å². The molecule has 1 aromatic carbocycles. The monoisotopic (exact) mass is 327 g/mol. The van der Waals surface area contributed by atoms with E-state index in [1.807, 2.05) is 0 Å². The van der Waals surface area contributed by atoms with Crippen LogP contribution in [0.1, 0.15) is 27.6 Å². The van der Waals surface area contributed by atoms with Crippen molar-refractivity contribution in [1.82, 2.24) is 0 Å². The SMILES string of the molecule is CCOC(=O)c1ccsc1NC(=O)c1ccc(F)cc1Cl. The lowest BCUT2D eigenvalue weighted by Gasteiger charge is -2.07. The van der Waals surface area contributed by atoms with Crippen LogP contribution in [0.5, 0.6) is 0 Å². The second kappa shape index (κ2) is 6.69. The van der Waals surface area contributed by atoms with Gasteiger partial charge in [-0.2, -0.15) is 0 Å². The predicted octanol–water partition coefficient (Wildman–Crippen LogP) is 3.97. The number of hydrogen-bond donors (Lipinski definition) is 1. The summed E-state index contributed by atoms with van der Waals surface area (Å²) in [5.74, 6) is -1.56. The van der Waals surface area contributed by atoms with Gasteiger partial charge < -0.3 is 10.1 Å². The highest BCUT2D eigenvalue weighted by atomic mass is 35.5. The second-order valence-corrected chi connectivity index (χ2v) is 5.29. The summed E-state index contributed by atoms with van der Waals surface area (Å²) in [5, 5.41) is 4.60. The Kier molecular flexibility index (Phi) is 4.93. The highest BCUT2D eigenvalue weighted by Crippen LogP contribution is 2.26. The zero-order valence-electron chi connectivity index (χ0n) is 11.0. The summed E-state index contributed by atoms with van der Waals surface area (Å²) in [7, 11) is 0. The zero-order valence-corrected chi connectivity index (χ0v) is 12.6. The molecule has 2 aromatic rings. The molecule has 21 heavy (non-hydrogen) atoms. The molecule has 1 aromatic heterocycles. The van der Waals surface area contributed by atoms with Gasteiger partial charge in [0.1, 0.15) is 10.8 Å². The van der Waals surface area contributed by atoms with E-state index in [9.17, 15) is 14.0 Å². The largest absolute Gasteiger partial charge is 0.462 e. The number of carbonyl (C=O) groups is 2. The maximum absolute atomic E-state index is 13.0. The summed E-state index contributed by atoms with van der Waals surface area (Å²) in [6.07, 6.45) is 0. The molecule has 7 heteroatoms. The fourth-order valence-corrected chi connectivity index (χ4v) is 2.64. The van der Waals surface area contributed by atoms with Crippen molar-refractivity contribution < 1.29 is 18.7 Å². The number of halogens is 2. The number of thiophene rings is 1. The van der Waals surface area contributed by atoms with Crippen molar-refractivity contribution >= 4 is 39.8 Å². The molecule has 0 spiro atoms. The molecule has 0 fully saturated rings. The summed E-state index contributed by atoms with van der Waals surface area (Å²) in [4.78, 5) is 23.8. The van der Waals surface area contributed by atoms with Crippen LogP contribution in [-0.2, 0) is 4.74 Å². The van der Waals surface area contributed by atoms with Gasteiger partial charge in [-0.15, -0.1) is 11.3 Å². The molecular weight excluding hydrogens is 317 g/mol. The quantitative estimate of drug-likeness (QED) is 0.864. The summed E-state index contributed by atoms with van der Waals surface area (Å²) >= 11 is 7.01. The van der Waals surface area contributed by atoms with Crippen LogP contribution in [0.25, 0.3) is 0 Å². The molecule has 0 atom stereocenters. The first-order valence-corrected chi connectivity index (χ1v) is 7.29. The third-order valence-corrected chi connectivity index (χ3v) is 3.71. The number of anilines is 1. The number of ether oxygens (including phenoxy) is 1. The Labute approximate surface area is 129 Å². The molecule has 1 heterocycles. The van der Waals surface area contributed by atoms with Crippen LogP contribution in [0, 0.1) is 5.82 Å². The smallest absolute Gasteiger partial charge is 0.341 e. The van der Waals surface area contributed by atoms with Gasteiger partial charge in [0.15, 0.2) is 0 Å². The van der Waals surface area contributed by atoms with E-state index in [1.54, 1.807) is 18.4 Å². The Balaban J connectivity index is 2.20. The lowest BCUT2D eigenvalue weighted by Crippen LogP contribution is -2.14. The fraction of sp³-hybridized carbons (Fsp3) is 0.143. The lowest BCUT2D eigenvalue weighted by atomic mass is 10.2. The molecule has 1 amide bonds. The van der Waals surface area contributed by atoms with Gasteiger partial charge in [0.2, 0.25) is 0 Å². The summed E-state index contributed by atoms with van der Waals surface area (Å²) in [6.45, 7) is 1.94. The topological polar surface area (TPSA) is 55.4 Å². The minimum absolute atomic E-state index is 0.00161. The van der Waals surface area contributed by atoms with E-state index >= 15 is 0 Å². The molecule has 1 N–H and O–H groups in total. The maximum atomic E-state index is 13.0. The van der Waals surface area contributed by atoms with Crippen molar-refractivity contribution in [3.8, 4) is 0 Å². The van der Waals surface area contributed by atoms with Gasteiger partial charge in [0, 0.05) is 0 Å². The van der Waals surface area contributed by atoms with Gasteiger partial charge >= 0.3 is 5.97 Å². The van der Waals surface area contributed by atoms with Gasteiger partial charge in [0.05, 0.1) is 22.8 Å². The van der Waals surface area contributed by atoms with E-state index in [-0.39, 0.29) is 22.8 Å². The van der Waals surface area contributed by atoms with Crippen molar-refractivity contribution in [2.45, 2.75) is 6.92 Å². The van der Waals surface area contributed by atoms with E-state index < -0.39 is 17.7 Å². The molecule has 2 rings (SSSR count). The minimum Gasteiger partial charge on any atom is -0.462 e. The van der Waals surface area contributed by atoms with Gasteiger partial charge in [0.25, 0.3) is 5.91 Å². The van der Waals surface area contributed by atoms with E-state index in [0.29, 0.717) is 5.00 Å². The number of nitrogens with one attached hydrogen (secondary N) is 1. The number of esters is 1. The van der Waals surface area contributed by atoms with E-state index in [0.717, 1.165) is 12.1 Å². The molecule has 0 aliphatic carbocycles. The van der Waals surface area contributed by atoms with Crippen molar-refractivity contribution in [3.05, 3.63) is 51.6 Å². The summed E-state index contributed by atoms with van der Waals surface area (Å²) in [6, 6.07) is 5.04. The van der Waals surface area contributed by atoms with E-state index in [1.165, 1.54) is 17.4 Å². The van der Waals surface area contributed by atoms with Gasteiger partial charge in [-0.05, 0) is 36.6 Å². The average molecular weight is 328 g/mol. The highest BCUT2D eigenvalue weighted by Gasteiger charge is 2.18. The Morgan fingerprint density at radius 3 is 2.76 bits per heavy atom. The Morgan fingerprint density at radius 2 is 2.10 bits per heavy atom. The number of amides is 1. The summed E-state index contributed by atoms with van der Waals surface area (Å²) < 4.78 is 17.9. The first kappa shape index (κ1) is 15.5. The second-order valence-electron chi connectivity index (χ2n) is 3.96. The van der Waals surface area contributed by atoms with Crippen molar-refractivity contribution in [2.75, 3.05) is 11.9 Å². The normalized spacial score (nSPS) is 10.2. The zero-order chi connectivity index (χ0) is 15.4. The van der Waals surface area contributed by atoms with Crippen LogP contribution < -0.4 is 5.32 Å². The van der Waals surface area contributed by atoms with Crippen molar-refractivity contribution in [3.63, 3.8) is 0 Å². The van der Waals surface area contributed by atoms with Gasteiger partial charge in [-0.25, -0.2) is 9.18 Å². The van der Waals surface area contributed by atoms with Gasteiger partial charge in [-0.3, -0.25) is 4.79 Å². The fourth-order valence-electron chi connectivity index (χ4n) is 1.62. The number of rotatable bonds is 4. The van der Waals surface area contributed by atoms with Crippen molar-refractivity contribution in [2.24, 2.45) is 0 Å². The number of carbonyl (C=O) groups excluding carboxylic acids is 2. The maximum Gasteiger partial charge on any atom is 0.341 e. The third kappa shape index (κ3) is 3.59. The number of benzene rings is 1. The Hall–Kier alpha value is -1.92. The summed E-state index contributed by atoms with van der Waals surface area (Å²) in [5.41, 5.74) is 0.398. The highest BCUT2D eigenvalue weighted by molar-refractivity contribution is 7.14. The van der Waals surface area contributed by atoms with Crippen LogP contribution in [0.4, 0.5) is 9.39 Å². The average Bonchev–Trinajstić information content (AvgIpc) is 2.87. The van der Waals surface area contributed by atoms with E-state index in [4.69, 9.17) is 16.3 Å². The molecule has 110 valence electrons. The molecule has 0 saturated heterocycles. The van der Waals surface area contributed by atoms with Crippen molar-refractivity contribution in [1.29, 1.82) is 0 Å². The molecule has 0 aliphatic rings. The lowest BCUT2D eigenvalue weighted by molar-refractivity contribution is 0.0528. The van der Waals surface area contributed by atoms with Gasteiger partial charge in [-0.1, -0.05) is 11.6 Å². The standard InChI is InChI=1S/C14H11ClFNO3S/c1-2-20-14(19)10-5-6-21-13(10)17-12(18)9-4-3-8(16)7-11(9)15/h3-7H,2H2,1H3,(H,17,18). The first-order valence-electron chi connectivity index (χ1n) is 6.04. The molecule has 0 unspecified atom stereocenters.